The fraction of sp³-hybridized carbons (Fsp3) is 0.0833. The maximum Gasteiger partial charge on any atom is 0.337 e. The molecule has 0 spiro atoms. The lowest BCUT2D eigenvalue weighted by atomic mass is 10.1. The summed E-state index contributed by atoms with van der Waals surface area (Å²) in [7, 11) is 0. The summed E-state index contributed by atoms with van der Waals surface area (Å²) in [6.45, 7) is 1.66. The zero-order valence-corrected chi connectivity index (χ0v) is 10.6. The van der Waals surface area contributed by atoms with E-state index in [1.54, 1.807) is 6.92 Å². The number of amides is 1. The molecule has 19 heavy (non-hydrogen) atoms. The Morgan fingerprint density at radius 1 is 1.42 bits per heavy atom. The van der Waals surface area contributed by atoms with E-state index in [1.807, 2.05) is 0 Å². The highest BCUT2D eigenvalue weighted by Crippen LogP contribution is 2.21. The number of hydrogen-bond acceptors (Lipinski definition) is 4. The fourth-order valence-corrected chi connectivity index (χ4v) is 1.66. The van der Waals surface area contributed by atoms with E-state index in [-0.39, 0.29) is 22.0 Å². The lowest BCUT2D eigenvalue weighted by Crippen LogP contribution is -2.15. The second-order valence-corrected chi connectivity index (χ2v) is 4.22. The van der Waals surface area contributed by atoms with Crippen LogP contribution >= 0.6 is 11.6 Å². The standard InChI is InChI=1S/C12H9ClN2O4/c1-6-5-14-19-10(6)11(16)15-9-3-2-7(13)4-8(9)12(17)18/h2-5H,1H3,(H,15,16)(H,17,18). The van der Waals surface area contributed by atoms with E-state index in [1.165, 1.54) is 24.4 Å². The second-order valence-electron chi connectivity index (χ2n) is 3.79. The second kappa shape index (κ2) is 5.11. The summed E-state index contributed by atoms with van der Waals surface area (Å²) < 4.78 is 4.79. The van der Waals surface area contributed by atoms with Crippen LogP contribution in [0.1, 0.15) is 26.5 Å². The molecule has 0 saturated heterocycles. The van der Waals surface area contributed by atoms with Crippen LogP contribution in [0.25, 0.3) is 0 Å². The van der Waals surface area contributed by atoms with Gasteiger partial charge in [0.2, 0.25) is 5.76 Å². The maximum absolute atomic E-state index is 11.9. The van der Waals surface area contributed by atoms with Gasteiger partial charge in [0.1, 0.15) is 0 Å². The normalized spacial score (nSPS) is 10.2. The quantitative estimate of drug-likeness (QED) is 0.901. The number of carbonyl (C=O) groups excluding carboxylic acids is 1. The van der Waals surface area contributed by atoms with E-state index in [9.17, 15) is 9.59 Å². The van der Waals surface area contributed by atoms with Crippen molar-refractivity contribution in [3.8, 4) is 0 Å². The molecule has 7 heteroatoms. The van der Waals surface area contributed by atoms with E-state index in [2.05, 4.69) is 10.5 Å². The number of aromatic nitrogens is 1. The Morgan fingerprint density at radius 3 is 2.74 bits per heavy atom. The van der Waals surface area contributed by atoms with Crippen molar-refractivity contribution >= 4 is 29.2 Å². The van der Waals surface area contributed by atoms with Gasteiger partial charge in [0, 0.05) is 10.6 Å². The number of rotatable bonds is 3. The van der Waals surface area contributed by atoms with Crippen molar-refractivity contribution in [2.75, 3.05) is 5.32 Å². The number of hydrogen-bond donors (Lipinski definition) is 2. The number of carboxylic acid groups (broad SMARTS) is 1. The van der Waals surface area contributed by atoms with Crippen molar-refractivity contribution in [1.82, 2.24) is 5.16 Å². The van der Waals surface area contributed by atoms with Crippen molar-refractivity contribution in [2.45, 2.75) is 6.92 Å². The molecular formula is C12H9ClN2O4. The molecule has 0 bridgehead atoms. The number of nitrogens with zero attached hydrogens (tertiary/aromatic N) is 1. The highest BCUT2D eigenvalue weighted by atomic mass is 35.5. The van der Waals surface area contributed by atoms with E-state index in [4.69, 9.17) is 21.2 Å². The molecule has 1 amide bonds. The van der Waals surface area contributed by atoms with Gasteiger partial charge in [0.25, 0.3) is 5.91 Å². The van der Waals surface area contributed by atoms with Crippen molar-refractivity contribution in [2.24, 2.45) is 0 Å². The van der Waals surface area contributed by atoms with Crippen LogP contribution in [-0.2, 0) is 0 Å². The molecule has 2 N–H and O–H groups in total. The molecule has 1 heterocycles. The first-order chi connectivity index (χ1) is 8.99. The molecule has 0 aliphatic rings. The molecule has 6 nitrogen and oxygen atoms in total. The third kappa shape index (κ3) is 2.74. The van der Waals surface area contributed by atoms with Gasteiger partial charge in [-0.3, -0.25) is 4.79 Å². The number of anilines is 1. The number of benzene rings is 1. The lowest BCUT2D eigenvalue weighted by Gasteiger charge is -2.07. The Kier molecular flexibility index (Phi) is 3.52. The molecule has 0 unspecified atom stereocenters. The highest BCUT2D eigenvalue weighted by Gasteiger charge is 2.18. The number of carbonyl (C=O) groups is 2. The first kappa shape index (κ1) is 13.1. The molecule has 2 rings (SSSR count). The SMILES string of the molecule is Cc1cnoc1C(=O)Nc1ccc(Cl)cc1C(=O)O. The summed E-state index contributed by atoms with van der Waals surface area (Å²) in [5, 5.41) is 15.2. The van der Waals surface area contributed by atoms with Gasteiger partial charge in [-0.05, 0) is 25.1 Å². The van der Waals surface area contributed by atoms with Gasteiger partial charge in [-0.25, -0.2) is 4.79 Å². The number of aromatic carboxylic acids is 1. The van der Waals surface area contributed by atoms with Crippen LogP contribution in [0.5, 0.6) is 0 Å². The third-order valence-electron chi connectivity index (χ3n) is 2.41. The first-order valence-corrected chi connectivity index (χ1v) is 5.62. The van der Waals surface area contributed by atoms with Crippen LogP contribution in [0.15, 0.2) is 28.9 Å². The zero-order chi connectivity index (χ0) is 14.0. The van der Waals surface area contributed by atoms with E-state index < -0.39 is 11.9 Å². The van der Waals surface area contributed by atoms with Crippen LogP contribution in [0.3, 0.4) is 0 Å². The number of nitrogens with one attached hydrogen (secondary N) is 1. The van der Waals surface area contributed by atoms with Crippen molar-refractivity contribution in [3.05, 3.63) is 46.3 Å². The van der Waals surface area contributed by atoms with E-state index >= 15 is 0 Å². The number of aryl methyl sites for hydroxylation is 1. The average Bonchev–Trinajstić information content (AvgIpc) is 2.77. The third-order valence-corrected chi connectivity index (χ3v) is 2.65. The summed E-state index contributed by atoms with van der Waals surface area (Å²) in [4.78, 5) is 22.9. The van der Waals surface area contributed by atoms with Crippen LogP contribution in [-0.4, -0.2) is 22.1 Å². The van der Waals surface area contributed by atoms with Crippen molar-refractivity contribution in [3.63, 3.8) is 0 Å². The number of carboxylic acids is 1. The summed E-state index contributed by atoms with van der Waals surface area (Å²) in [6, 6.07) is 4.15. The molecule has 0 radical (unpaired) electrons. The zero-order valence-electron chi connectivity index (χ0n) is 9.81. The molecule has 0 aliphatic heterocycles. The molecule has 0 aliphatic carbocycles. The van der Waals surface area contributed by atoms with Gasteiger partial charge in [-0.15, -0.1) is 0 Å². The van der Waals surface area contributed by atoms with E-state index in [0.29, 0.717) is 5.56 Å². The minimum atomic E-state index is -1.19. The van der Waals surface area contributed by atoms with Crippen LogP contribution in [0, 0.1) is 6.92 Å². The van der Waals surface area contributed by atoms with Gasteiger partial charge in [0.15, 0.2) is 0 Å². The minimum absolute atomic E-state index is 0.0336. The molecule has 2 aromatic rings. The monoisotopic (exact) mass is 280 g/mol. The van der Waals surface area contributed by atoms with Gasteiger partial charge in [-0.2, -0.15) is 0 Å². The predicted molar refractivity (Wildman–Crippen MR) is 67.6 cm³/mol. The maximum atomic E-state index is 11.9. The Morgan fingerprint density at radius 2 is 2.16 bits per heavy atom. The molecule has 1 aromatic heterocycles. The molecule has 0 atom stereocenters. The van der Waals surface area contributed by atoms with Gasteiger partial charge < -0.3 is 14.9 Å². The molecule has 0 saturated carbocycles. The van der Waals surface area contributed by atoms with Crippen molar-refractivity contribution in [1.29, 1.82) is 0 Å². The predicted octanol–water partition coefficient (Wildman–Crippen LogP) is 2.59. The molecule has 98 valence electrons. The average molecular weight is 281 g/mol. The number of halogens is 1. The smallest absolute Gasteiger partial charge is 0.337 e. The Labute approximate surface area is 113 Å². The van der Waals surface area contributed by atoms with Crippen LogP contribution < -0.4 is 5.32 Å². The highest BCUT2D eigenvalue weighted by molar-refractivity contribution is 6.31. The first-order valence-electron chi connectivity index (χ1n) is 5.24. The topological polar surface area (TPSA) is 92.4 Å². The summed E-state index contributed by atoms with van der Waals surface area (Å²) in [5.74, 6) is -1.72. The lowest BCUT2D eigenvalue weighted by molar-refractivity contribution is 0.0698. The summed E-state index contributed by atoms with van der Waals surface area (Å²) >= 11 is 5.72. The van der Waals surface area contributed by atoms with Crippen LogP contribution in [0.2, 0.25) is 5.02 Å². The largest absolute Gasteiger partial charge is 0.478 e. The van der Waals surface area contributed by atoms with Crippen molar-refractivity contribution < 1.29 is 19.2 Å². The Balaban J connectivity index is 2.32. The summed E-state index contributed by atoms with van der Waals surface area (Å²) in [6.07, 6.45) is 1.40. The van der Waals surface area contributed by atoms with Crippen LogP contribution in [0.4, 0.5) is 5.69 Å². The fourth-order valence-electron chi connectivity index (χ4n) is 1.49. The molecule has 1 aromatic carbocycles. The molecular weight excluding hydrogens is 272 g/mol. The summed E-state index contributed by atoms with van der Waals surface area (Å²) in [5.41, 5.74) is 0.596. The van der Waals surface area contributed by atoms with Gasteiger partial charge in [-0.1, -0.05) is 16.8 Å². The van der Waals surface area contributed by atoms with E-state index in [0.717, 1.165) is 0 Å². The minimum Gasteiger partial charge on any atom is -0.478 e. The Bertz CT molecular complexity index is 651. The Hall–Kier alpha value is -2.34. The molecule has 0 fully saturated rings. The van der Waals surface area contributed by atoms with Gasteiger partial charge in [0.05, 0.1) is 17.4 Å². The van der Waals surface area contributed by atoms with Gasteiger partial charge >= 0.3 is 5.97 Å².